The van der Waals surface area contributed by atoms with Crippen LogP contribution in [0.3, 0.4) is 0 Å². The highest BCUT2D eigenvalue weighted by Crippen LogP contribution is 2.37. The number of unbranched alkanes of at least 4 members (excludes halogenated alkanes) is 2. The minimum Gasteiger partial charge on any atom is -0.300 e. The van der Waals surface area contributed by atoms with Crippen molar-refractivity contribution in [1.29, 1.82) is 5.26 Å². The lowest BCUT2D eigenvalue weighted by Gasteiger charge is -2.26. The molecule has 1 saturated carbocycles. The van der Waals surface area contributed by atoms with Gasteiger partial charge in [0.15, 0.2) is 0 Å². The van der Waals surface area contributed by atoms with Crippen LogP contribution in [0.25, 0.3) is 0 Å². The molecular weight excluding hydrogens is 160 g/mol. The van der Waals surface area contributed by atoms with Crippen molar-refractivity contribution in [3.05, 3.63) is 0 Å². The second-order valence-electron chi connectivity index (χ2n) is 4.44. The number of nitriles is 1. The van der Waals surface area contributed by atoms with Crippen LogP contribution in [-0.4, -0.2) is 24.0 Å². The van der Waals surface area contributed by atoms with Crippen LogP contribution in [0, 0.1) is 17.2 Å². The number of piperidine rings is 1. The molecule has 1 aliphatic heterocycles. The zero-order valence-corrected chi connectivity index (χ0v) is 8.21. The van der Waals surface area contributed by atoms with Crippen molar-refractivity contribution in [3.8, 4) is 6.07 Å². The van der Waals surface area contributed by atoms with Crippen LogP contribution in [0.1, 0.15) is 38.5 Å². The molecule has 0 amide bonds. The SMILES string of the molecule is N#CCCCCN1CC2CCC1C2. The fourth-order valence-electron chi connectivity index (χ4n) is 2.82. The second kappa shape index (κ2) is 4.11. The van der Waals surface area contributed by atoms with Crippen LogP contribution < -0.4 is 0 Å². The molecule has 0 aromatic heterocycles. The standard InChI is InChI=1S/C11H18N2/c12-6-2-1-3-7-13-9-10-4-5-11(13)8-10/h10-11H,1-5,7-9H2. The molecular formula is C11H18N2. The summed E-state index contributed by atoms with van der Waals surface area (Å²) in [5.41, 5.74) is 0. The molecule has 13 heavy (non-hydrogen) atoms. The molecule has 2 unspecified atom stereocenters. The van der Waals surface area contributed by atoms with Crippen molar-refractivity contribution in [2.45, 2.75) is 44.6 Å². The highest BCUT2D eigenvalue weighted by atomic mass is 15.2. The van der Waals surface area contributed by atoms with E-state index in [-0.39, 0.29) is 0 Å². The maximum Gasteiger partial charge on any atom is 0.0621 e. The van der Waals surface area contributed by atoms with Crippen LogP contribution in [0.4, 0.5) is 0 Å². The Morgan fingerprint density at radius 1 is 1.31 bits per heavy atom. The predicted octanol–water partition coefficient (Wildman–Crippen LogP) is 2.16. The van der Waals surface area contributed by atoms with E-state index in [2.05, 4.69) is 11.0 Å². The summed E-state index contributed by atoms with van der Waals surface area (Å²) in [5, 5.41) is 8.40. The van der Waals surface area contributed by atoms with E-state index in [1.54, 1.807) is 0 Å². The number of hydrogen-bond donors (Lipinski definition) is 0. The first-order valence-corrected chi connectivity index (χ1v) is 5.51. The number of rotatable bonds is 4. The van der Waals surface area contributed by atoms with Gasteiger partial charge < -0.3 is 4.90 Å². The van der Waals surface area contributed by atoms with Crippen LogP contribution in [0.15, 0.2) is 0 Å². The largest absolute Gasteiger partial charge is 0.300 e. The zero-order valence-electron chi connectivity index (χ0n) is 8.21. The molecule has 2 bridgehead atoms. The Morgan fingerprint density at radius 3 is 2.85 bits per heavy atom. The van der Waals surface area contributed by atoms with Crippen molar-refractivity contribution in [2.24, 2.45) is 5.92 Å². The van der Waals surface area contributed by atoms with Crippen LogP contribution in [0.2, 0.25) is 0 Å². The van der Waals surface area contributed by atoms with Crippen molar-refractivity contribution in [1.82, 2.24) is 4.90 Å². The molecule has 0 radical (unpaired) electrons. The van der Waals surface area contributed by atoms with Gasteiger partial charge in [-0.3, -0.25) is 0 Å². The number of fused-ring (bicyclic) bond motifs is 2. The average molecular weight is 178 g/mol. The molecule has 1 heterocycles. The van der Waals surface area contributed by atoms with Gasteiger partial charge in [-0.2, -0.15) is 5.26 Å². The molecule has 1 aliphatic carbocycles. The van der Waals surface area contributed by atoms with Gasteiger partial charge in [0.2, 0.25) is 0 Å². The fourth-order valence-corrected chi connectivity index (χ4v) is 2.82. The normalized spacial score (nSPS) is 32.2. The maximum absolute atomic E-state index is 8.40. The molecule has 2 fully saturated rings. The second-order valence-corrected chi connectivity index (χ2v) is 4.44. The summed E-state index contributed by atoms with van der Waals surface area (Å²) >= 11 is 0. The third-order valence-corrected chi connectivity index (χ3v) is 3.51. The van der Waals surface area contributed by atoms with Gasteiger partial charge in [-0.05, 0) is 44.6 Å². The summed E-state index contributed by atoms with van der Waals surface area (Å²) in [7, 11) is 0. The van der Waals surface area contributed by atoms with Crippen LogP contribution in [0.5, 0.6) is 0 Å². The molecule has 0 N–H and O–H groups in total. The van der Waals surface area contributed by atoms with Crippen LogP contribution >= 0.6 is 0 Å². The third-order valence-electron chi connectivity index (χ3n) is 3.51. The zero-order chi connectivity index (χ0) is 9.10. The van der Waals surface area contributed by atoms with E-state index in [0.717, 1.165) is 24.8 Å². The van der Waals surface area contributed by atoms with Gasteiger partial charge in [-0.1, -0.05) is 0 Å². The number of nitrogens with zero attached hydrogens (tertiary/aromatic N) is 2. The summed E-state index contributed by atoms with van der Waals surface area (Å²) in [6, 6.07) is 3.12. The molecule has 0 spiro atoms. The molecule has 2 atom stereocenters. The van der Waals surface area contributed by atoms with Gasteiger partial charge in [-0.25, -0.2) is 0 Å². The first kappa shape index (κ1) is 9.02. The minimum atomic E-state index is 0.738. The first-order valence-electron chi connectivity index (χ1n) is 5.51. The fraction of sp³-hybridized carbons (Fsp3) is 0.909. The Balaban J connectivity index is 1.64. The molecule has 0 aromatic carbocycles. The molecule has 0 aromatic rings. The highest BCUT2D eigenvalue weighted by Gasteiger charge is 2.36. The Labute approximate surface area is 80.5 Å². The van der Waals surface area contributed by atoms with Crippen molar-refractivity contribution < 1.29 is 0 Å². The summed E-state index contributed by atoms with van der Waals surface area (Å²) in [5.74, 6) is 1.01. The van der Waals surface area contributed by atoms with Crippen molar-refractivity contribution in [3.63, 3.8) is 0 Å². The van der Waals surface area contributed by atoms with Gasteiger partial charge in [0.1, 0.15) is 0 Å². The minimum absolute atomic E-state index is 0.738. The maximum atomic E-state index is 8.40. The molecule has 2 aliphatic rings. The summed E-state index contributed by atoms with van der Waals surface area (Å²) in [6.45, 7) is 2.58. The number of likely N-dealkylation sites (tertiary alicyclic amines) is 1. The molecule has 2 nitrogen and oxygen atoms in total. The summed E-state index contributed by atoms with van der Waals surface area (Å²) in [4.78, 5) is 2.64. The molecule has 2 heteroatoms. The van der Waals surface area contributed by atoms with E-state index in [4.69, 9.17) is 5.26 Å². The lowest BCUT2D eigenvalue weighted by Crippen LogP contribution is -2.32. The van der Waals surface area contributed by atoms with Gasteiger partial charge in [-0.15, -0.1) is 0 Å². The Morgan fingerprint density at radius 2 is 2.23 bits per heavy atom. The summed E-state index contributed by atoms with van der Waals surface area (Å²) < 4.78 is 0. The quantitative estimate of drug-likeness (QED) is 0.617. The number of hydrogen-bond acceptors (Lipinski definition) is 2. The highest BCUT2D eigenvalue weighted by molar-refractivity contribution is 4.91. The summed E-state index contributed by atoms with van der Waals surface area (Å²) in [6.07, 6.45) is 7.41. The van der Waals surface area contributed by atoms with E-state index in [1.165, 1.54) is 38.8 Å². The Kier molecular flexibility index (Phi) is 2.85. The van der Waals surface area contributed by atoms with E-state index in [9.17, 15) is 0 Å². The van der Waals surface area contributed by atoms with Gasteiger partial charge in [0.25, 0.3) is 0 Å². The van der Waals surface area contributed by atoms with Crippen molar-refractivity contribution in [2.75, 3.05) is 13.1 Å². The third kappa shape index (κ3) is 2.03. The Hall–Kier alpha value is -0.550. The predicted molar refractivity (Wildman–Crippen MR) is 52.2 cm³/mol. The van der Waals surface area contributed by atoms with Gasteiger partial charge in [0, 0.05) is 19.0 Å². The molecule has 1 saturated heterocycles. The van der Waals surface area contributed by atoms with E-state index in [1.807, 2.05) is 0 Å². The lowest BCUT2D eigenvalue weighted by atomic mass is 10.1. The average Bonchev–Trinajstić information content (AvgIpc) is 2.73. The smallest absolute Gasteiger partial charge is 0.0621 e. The molecule has 72 valence electrons. The van der Waals surface area contributed by atoms with Crippen molar-refractivity contribution >= 4 is 0 Å². The molecule has 2 rings (SSSR count). The Bertz CT molecular complexity index is 207. The van der Waals surface area contributed by atoms with Crippen LogP contribution in [-0.2, 0) is 0 Å². The topological polar surface area (TPSA) is 27.0 Å². The van der Waals surface area contributed by atoms with Gasteiger partial charge in [0.05, 0.1) is 6.07 Å². The van der Waals surface area contributed by atoms with Gasteiger partial charge >= 0.3 is 0 Å². The van der Waals surface area contributed by atoms with E-state index < -0.39 is 0 Å². The van der Waals surface area contributed by atoms with E-state index >= 15 is 0 Å². The monoisotopic (exact) mass is 178 g/mol. The van der Waals surface area contributed by atoms with E-state index in [0.29, 0.717) is 0 Å². The first-order chi connectivity index (χ1) is 6.40. The lowest BCUT2D eigenvalue weighted by molar-refractivity contribution is 0.210.